The number of sulfone groups is 1. The molecule has 0 unspecified atom stereocenters. The molecule has 3 heterocycles. The summed E-state index contributed by atoms with van der Waals surface area (Å²) in [7, 11) is -3.30. The number of pyridine rings is 1. The maximum atomic E-state index is 11.4. The summed E-state index contributed by atoms with van der Waals surface area (Å²) in [5.41, 5.74) is 3.00. The molecule has 1 aliphatic rings. The number of fused-ring (bicyclic) bond motifs is 2. The second-order valence-corrected chi connectivity index (χ2v) is 5.69. The SMILES string of the molecule is Cc1cnc(C)c2nc3c(nc12)=CS(=O)(=O)C=3. The van der Waals surface area contributed by atoms with E-state index in [2.05, 4.69) is 15.0 Å². The number of rotatable bonds is 0. The normalized spacial score (nSPS) is 16.4. The van der Waals surface area contributed by atoms with Crippen LogP contribution in [0.25, 0.3) is 21.8 Å². The first-order valence-electron chi connectivity index (χ1n) is 5.05. The first-order chi connectivity index (χ1) is 7.96. The summed E-state index contributed by atoms with van der Waals surface area (Å²) >= 11 is 0. The van der Waals surface area contributed by atoms with Gasteiger partial charge in [0.2, 0.25) is 0 Å². The number of hydrogen-bond donors (Lipinski definition) is 0. The molecule has 0 aliphatic carbocycles. The van der Waals surface area contributed by atoms with Crippen LogP contribution >= 0.6 is 0 Å². The largest absolute Gasteiger partial charge is 0.259 e. The van der Waals surface area contributed by atoms with Gasteiger partial charge in [-0.25, -0.2) is 18.4 Å². The molecule has 2 aromatic heterocycles. The van der Waals surface area contributed by atoms with Crippen LogP contribution in [0.4, 0.5) is 0 Å². The lowest BCUT2D eigenvalue weighted by atomic mass is 10.2. The van der Waals surface area contributed by atoms with Crippen LogP contribution in [0.2, 0.25) is 0 Å². The van der Waals surface area contributed by atoms with Crippen molar-refractivity contribution in [3.63, 3.8) is 0 Å². The van der Waals surface area contributed by atoms with Gasteiger partial charge in [-0.3, -0.25) is 4.98 Å². The van der Waals surface area contributed by atoms with Gasteiger partial charge in [0, 0.05) is 6.20 Å². The minimum Gasteiger partial charge on any atom is -0.259 e. The van der Waals surface area contributed by atoms with E-state index >= 15 is 0 Å². The molecule has 0 atom stereocenters. The fourth-order valence-corrected chi connectivity index (χ4v) is 2.86. The molecule has 0 saturated heterocycles. The molecule has 2 aromatic rings. The zero-order valence-electron chi connectivity index (χ0n) is 9.30. The summed E-state index contributed by atoms with van der Waals surface area (Å²) in [6, 6.07) is 0. The van der Waals surface area contributed by atoms with E-state index in [1.165, 1.54) is 0 Å². The molecule has 17 heavy (non-hydrogen) atoms. The molecule has 0 fully saturated rings. The Kier molecular flexibility index (Phi) is 1.89. The van der Waals surface area contributed by atoms with E-state index in [9.17, 15) is 8.42 Å². The third-order valence-corrected chi connectivity index (χ3v) is 3.77. The van der Waals surface area contributed by atoms with Crippen LogP contribution in [0, 0.1) is 13.8 Å². The van der Waals surface area contributed by atoms with Crippen molar-refractivity contribution in [2.24, 2.45) is 0 Å². The van der Waals surface area contributed by atoms with Crippen LogP contribution in [0.3, 0.4) is 0 Å². The van der Waals surface area contributed by atoms with E-state index in [0.29, 0.717) is 21.7 Å². The Morgan fingerprint density at radius 2 is 1.59 bits per heavy atom. The first-order valence-corrected chi connectivity index (χ1v) is 6.66. The van der Waals surface area contributed by atoms with E-state index in [4.69, 9.17) is 0 Å². The molecule has 0 amide bonds. The van der Waals surface area contributed by atoms with Crippen molar-refractivity contribution in [2.45, 2.75) is 13.8 Å². The summed E-state index contributed by atoms with van der Waals surface area (Å²) in [6.45, 7) is 3.71. The van der Waals surface area contributed by atoms with E-state index in [-0.39, 0.29) is 0 Å². The lowest BCUT2D eigenvalue weighted by molar-refractivity contribution is 0.617. The van der Waals surface area contributed by atoms with Gasteiger partial charge in [-0.15, -0.1) is 0 Å². The Labute approximate surface area is 97.5 Å². The minimum absolute atomic E-state index is 0.396. The van der Waals surface area contributed by atoms with Gasteiger partial charge in [-0.2, -0.15) is 0 Å². The smallest absolute Gasteiger partial charge is 0.197 e. The van der Waals surface area contributed by atoms with E-state index in [1.54, 1.807) is 6.20 Å². The Morgan fingerprint density at radius 3 is 2.24 bits per heavy atom. The van der Waals surface area contributed by atoms with Crippen molar-refractivity contribution in [3.8, 4) is 0 Å². The van der Waals surface area contributed by atoms with Crippen molar-refractivity contribution in [3.05, 3.63) is 28.2 Å². The monoisotopic (exact) mass is 247 g/mol. The quantitative estimate of drug-likeness (QED) is 0.630. The Morgan fingerprint density at radius 1 is 1.00 bits per heavy atom. The maximum absolute atomic E-state index is 11.4. The molecular formula is C11H9N3O2S. The summed E-state index contributed by atoms with van der Waals surface area (Å²) in [5.74, 6) is 0. The molecule has 0 aromatic carbocycles. The van der Waals surface area contributed by atoms with E-state index < -0.39 is 9.84 Å². The Hall–Kier alpha value is -1.82. The average Bonchev–Trinajstić information content (AvgIpc) is 2.54. The highest BCUT2D eigenvalue weighted by Crippen LogP contribution is 2.13. The van der Waals surface area contributed by atoms with Gasteiger partial charge in [0.15, 0.2) is 9.84 Å². The zero-order chi connectivity index (χ0) is 12.2. The highest BCUT2D eigenvalue weighted by atomic mass is 32.2. The molecule has 5 nitrogen and oxygen atoms in total. The maximum Gasteiger partial charge on any atom is 0.197 e. The molecule has 3 rings (SSSR count). The van der Waals surface area contributed by atoms with Crippen LogP contribution in [0.5, 0.6) is 0 Å². The molecule has 86 valence electrons. The van der Waals surface area contributed by atoms with Gasteiger partial charge in [0.05, 0.1) is 22.0 Å². The summed E-state index contributed by atoms with van der Waals surface area (Å²) in [4.78, 5) is 12.9. The number of nitrogens with zero attached hydrogens (tertiary/aromatic N) is 3. The van der Waals surface area contributed by atoms with Crippen molar-refractivity contribution in [1.29, 1.82) is 0 Å². The molecule has 0 N–H and O–H groups in total. The van der Waals surface area contributed by atoms with Gasteiger partial charge in [0.1, 0.15) is 16.2 Å². The van der Waals surface area contributed by atoms with Crippen molar-refractivity contribution >= 4 is 31.7 Å². The summed E-state index contributed by atoms with van der Waals surface area (Å²) in [6.07, 6.45) is 1.71. The Bertz CT molecular complexity index is 803. The predicted molar refractivity (Wildman–Crippen MR) is 63.9 cm³/mol. The summed E-state index contributed by atoms with van der Waals surface area (Å²) in [5, 5.41) is 3.08. The highest BCUT2D eigenvalue weighted by molar-refractivity contribution is 8.05. The molecule has 6 heteroatoms. The fraction of sp³-hybridized carbons (Fsp3) is 0.182. The fourth-order valence-electron chi connectivity index (χ4n) is 1.82. The van der Waals surface area contributed by atoms with Gasteiger partial charge >= 0.3 is 0 Å². The van der Waals surface area contributed by atoms with Gasteiger partial charge in [0.25, 0.3) is 0 Å². The highest BCUT2D eigenvalue weighted by Gasteiger charge is 2.13. The molecule has 0 saturated carbocycles. The van der Waals surface area contributed by atoms with Crippen LogP contribution in [-0.2, 0) is 9.84 Å². The minimum atomic E-state index is -3.30. The summed E-state index contributed by atoms with van der Waals surface area (Å²) < 4.78 is 22.9. The van der Waals surface area contributed by atoms with Gasteiger partial charge in [-0.1, -0.05) is 0 Å². The lowest BCUT2D eigenvalue weighted by Crippen LogP contribution is -2.29. The Balaban J connectivity index is 2.60. The van der Waals surface area contributed by atoms with E-state index in [0.717, 1.165) is 22.1 Å². The second-order valence-electron chi connectivity index (χ2n) is 4.04. The van der Waals surface area contributed by atoms with Crippen LogP contribution in [0.1, 0.15) is 11.3 Å². The topological polar surface area (TPSA) is 72.8 Å². The van der Waals surface area contributed by atoms with Crippen molar-refractivity contribution < 1.29 is 8.42 Å². The molecular weight excluding hydrogens is 238 g/mol. The standard InChI is InChI=1S/C11H9N3O2S/c1-6-3-12-7(2)11-10(6)13-8-4-17(15,16)5-9(8)14-11/h3-5H,1-2H3. The molecule has 0 bridgehead atoms. The lowest BCUT2D eigenvalue weighted by Gasteiger charge is -2.01. The zero-order valence-corrected chi connectivity index (χ0v) is 10.1. The second kappa shape index (κ2) is 3.10. The van der Waals surface area contributed by atoms with Crippen LogP contribution < -0.4 is 10.7 Å². The number of hydrogen-bond acceptors (Lipinski definition) is 5. The van der Waals surface area contributed by atoms with Crippen molar-refractivity contribution in [2.75, 3.05) is 0 Å². The van der Waals surface area contributed by atoms with Crippen LogP contribution in [-0.4, -0.2) is 23.4 Å². The number of aromatic nitrogens is 3. The predicted octanol–water partition coefficient (Wildman–Crippen LogP) is -0.454. The average molecular weight is 247 g/mol. The molecule has 0 spiro atoms. The molecule has 0 radical (unpaired) electrons. The third kappa shape index (κ3) is 1.52. The van der Waals surface area contributed by atoms with E-state index in [1.807, 2.05) is 13.8 Å². The van der Waals surface area contributed by atoms with Crippen LogP contribution in [0.15, 0.2) is 6.20 Å². The number of aryl methyl sites for hydroxylation is 2. The van der Waals surface area contributed by atoms with Crippen molar-refractivity contribution in [1.82, 2.24) is 15.0 Å². The molecule has 1 aliphatic heterocycles. The first kappa shape index (κ1) is 10.3. The third-order valence-electron chi connectivity index (χ3n) is 2.67. The van der Waals surface area contributed by atoms with Gasteiger partial charge < -0.3 is 0 Å². The van der Waals surface area contributed by atoms with Gasteiger partial charge in [-0.05, 0) is 19.4 Å².